The number of aromatic nitrogens is 2. The number of aromatic carboxylic acids is 4. The molecule has 0 aliphatic heterocycles. The van der Waals surface area contributed by atoms with Crippen LogP contribution in [0.5, 0.6) is 0 Å². The lowest BCUT2D eigenvalue weighted by molar-refractivity contribution is -0.122. The smallest absolute Gasteiger partial charge is 0.336 e. The number of anilines is 2. The predicted molar refractivity (Wildman–Crippen MR) is 503 cm³/mol. The van der Waals surface area contributed by atoms with E-state index < -0.39 is 23.9 Å². The molecule has 12 N–H and O–H groups in total. The lowest BCUT2D eigenvalue weighted by Crippen LogP contribution is -2.19. The number of nitrogens with two attached hydrogens (primary N) is 1. The summed E-state index contributed by atoms with van der Waals surface area (Å²) in [5.74, 6) is 1.56. The van der Waals surface area contributed by atoms with Gasteiger partial charge in [0, 0.05) is 80.5 Å². The molecule has 0 fully saturated rings. The molecule has 117 heavy (non-hydrogen) atoms. The Labute approximate surface area is 704 Å². The van der Waals surface area contributed by atoms with Crippen LogP contribution >= 0.6 is 0 Å². The number of nitrogens with one attached hydrogen (secondary N) is 3. The van der Waals surface area contributed by atoms with Gasteiger partial charge in [-0.2, -0.15) is 5.10 Å². The molecule has 10 aromatic rings. The number of aryl methyl sites for hydroxylation is 1. The summed E-state index contributed by atoms with van der Waals surface area (Å²) in [4.78, 5) is 69.2. The Balaban J connectivity index is -0.000000310. The molecule has 8 aromatic carbocycles. The molecule has 4 aliphatic carbocycles. The average Bonchev–Trinajstić information content (AvgIpc) is 1.54. The number of hydrazine groups is 1. The fourth-order valence-electron chi connectivity index (χ4n) is 13.7. The first-order valence-corrected chi connectivity index (χ1v) is 41.4. The van der Waals surface area contributed by atoms with Crippen LogP contribution in [0.2, 0.25) is 0 Å². The highest BCUT2D eigenvalue weighted by Gasteiger charge is 2.44. The third-order valence-corrected chi connectivity index (χ3v) is 17.2. The van der Waals surface area contributed by atoms with E-state index in [9.17, 15) is 39.3 Å². The van der Waals surface area contributed by atoms with Crippen molar-refractivity contribution >= 4 is 75.0 Å². The molecular formula is C99H150N6O12. The van der Waals surface area contributed by atoms with E-state index >= 15 is 0 Å². The van der Waals surface area contributed by atoms with Gasteiger partial charge in [-0.3, -0.25) is 20.9 Å². The highest BCUT2D eigenvalue weighted by molar-refractivity contribution is 6.10. The zero-order valence-corrected chi connectivity index (χ0v) is 76.5. The number of para-hydroxylation sites is 4. The number of H-pyrrole nitrogens is 1. The van der Waals surface area contributed by atoms with Gasteiger partial charge < -0.3 is 46.0 Å². The molecule has 0 radical (unpaired) electrons. The SMILES string of the molecule is C.CC.CC.CC.CC.CC.CC.CC.CC.CC.CC.CC.CC.CC1(C)C/C(=N\Nc2ccccc2)c2cccc(C(=O)O)c21.CC1(C)CC(=O)c2cccc(C(=O)O)c21.CC1(C)c2c(C(=O)O)cccc2-c2[nH]c3ccccc3c21.Cn1c2c(c3ccccc31)C(C)(C)c1c(C(=O)O)cccc1-2.NNc1ccccc1.O.O=CO. The van der Waals surface area contributed by atoms with Crippen molar-refractivity contribution in [3.63, 3.8) is 0 Å². The predicted octanol–water partition coefficient (Wildman–Crippen LogP) is 27.3. The summed E-state index contributed by atoms with van der Waals surface area (Å²) in [7, 11) is 2.06. The highest BCUT2D eigenvalue weighted by Crippen LogP contribution is 2.55. The van der Waals surface area contributed by atoms with E-state index in [0.29, 0.717) is 40.7 Å². The molecule has 2 aromatic heterocycles. The number of rotatable bonds is 7. The number of nitrogen functional groups attached to an aromatic ring is 1. The summed E-state index contributed by atoms with van der Waals surface area (Å²) in [5, 5.41) is 51.3. The number of carbonyl (C=O) groups is 6. The third kappa shape index (κ3) is 29.0. The molecule has 0 unspecified atom stereocenters. The van der Waals surface area contributed by atoms with Gasteiger partial charge in [0.15, 0.2) is 5.78 Å². The van der Waals surface area contributed by atoms with E-state index in [4.69, 9.17) is 20.9 Å². The second-order valence-electron chi connectivity index (χ2n) is 24.8. The standard InChI is InChI=1S/C19H17NO2.C18H18N2O2.C18H15NO2.C12H12O3.C6H8N2.12C2H6.CH2O2.CH4.H2O/c1-19(2)15-12(8-6-9-13(15)18(21)22)17-16(19)11-7-4-5-10-14(11)20(17)3;1-18(2)11-15(20-19-12-7-4-3-5-8-12)13-9-6-10-14(16(13)18)17(21)22;1-18(2)14-11(7-5-8-12(14)17(20)21)16-15(18)10-6-3-4-9-13(10)19-16;1-12(2)6-9(13)7-4-3-5-8(10(7)12)11(14)15;7-8-6-4-2-1-3-5-6;12*1-2;2-1-3;;/h4-10H,1-3H3,(H,21,22);3-10,19H,11H2,1-2H3,(H,21,22);3-9,19H,1-2H3,(H,20,21);3-5H,6H2,1-2H3,(H,14,15);1-5,8H,7H2;12*1-2H3;1H,(H,2,3);1H4;1H2/b;20-15+;;;;;;;;;;;;;;;;;;. The number of nitrogens with zero attached hydrogens (tertiary/aromatic N) is 2. The van der Waals surface area contributed by atoms with Crippen LogP contribution in [-0.2, 0) is 33.5 Å². The molecule has 648 valence electrons. The molecule has 0 spiro atoms. The summed E-state index contributed by atoms with van der Waals surface area (Å²) >= 11 is 0. The minimum Gasteiger partial charge on any atom is -0.483 e. The van der Waals surface area contributed by atoms with Crippen LogP contribution in [-0.4, -0.2) is 82.4 Å². The minimum absolute atomic E-state index is 0. The average molecular weight is 1620 g/mol. The zero-order valence-electron chi connectivity index (χ0n) is 76.5. The van der Waals surface area contributed by atoms with Gasteiger partial charge in [-0.05, 0) is 105 Å². The number of carboxylic acids is 4. The van der Waals surface area contributed by atoms with Crippen molar-refractivity contribution in [2.75, 3.05) is 10.9 Å². The van der Waals surface area contributed by atoms with Crippen LogP contribution in [0, 0.1) is 0 Å². The van der Waals surface area contributed by atoms with Crippen molar-refractivity contribution < 1.29 is 59.8 Å². The first-order valence-electron chi connectivity index (χ1n) is 41.4. The maximum Gasteiger partial charge on any atom is 0.336 e. The molecule has 14 rings (SSSR count). The van der Waals surface area contributed by atoms with E-state index in [2.05, 4.69) is 98.4 Å². The Morgan fingerprint density at radius 1 is 0.410 bits per heavy atom. The van der Waals surface area contributed by atoms with Crippen molar-refractivity contribution in [2.24, 2.45) is 18.0 Å². The van der Waals surface area contributed by atoms with Crippen LogP contribution < -0.4 is 16.7 Å². The van der Waals surface area contributed by atoms with E-state index in [-0.39, 0.29) is 52.4 Å². The number of carboxylic acid groups (broad SMARTS) is 5. The molecular weight excluding hydrogens is 1470 g/mol. The number of hydrazone groups is 1. The van der Waals surface area contributed by atoms with E-state index in [1.165, 1.54) is 27.4 Å². The topological polar surface area (TPSA) is 318 Å². The second-order valence-corrected chi connectivity index (χ2v) is 24.8. The summed E-state index contributed by atoms with van der Waals surface area (Å²) in [5.41, 5.74) is 22.4. The van der Waals surface area contributed by atoms with Gasteiger partial charge in [0.25, 0.3) is 6.47 Å². The largest absolute Gasteiger partial charge is 0.483 e. The van der Waals surface area contributed by atoms with Crippen LogP contribution in [0.15, 0.2) is 187 Å². The van der Waals surface area contributed by atoms with E-state index in [0.717, 1.165) is 67.4 Å². The second kappa shape index (κ2) is 60.6. The van der Waals surface area contributed by atoms with Crippen molar-refractivity contribution in [2.45, 2.75) is 263 Å². The van der Waals surface area contributed by atoms with Crippen LogP contribution in [0.3, 0.4) is 0 Å². The van der Waals surface area contributed by atoms with Gasteiger partial charge in [0.2, 0.25) is 0 Å². The summed E-state index contributed by atoms with van der Waals surface area (Å²) in [6, 6.07) is 57.2. The molecule has 2 heterocycles. The number of carbonyl (C=O) groups excluding carboxylic acids is 1. The Hall–Kier alpha value is -11.0. The molecule has 0 atom stereocenters. The molecule has 0 amide bonds. The Bertz CT molecular complexity index is 4530. The number of Topliss-reactive ketones (excluding diaryl/α,β-unsaturated/α-hetero) is 1. The Morgan fingerprint density at radius 2 is 0.735 bits per heavy atom. The molecule has 18 heteroatoms. The summed E-state index contributed by atoms with van der Waals surface area (Å²) in [6.07, 6.45) is 1.11. The maximum atomic E-state index is 11.7. The molecule has 4 aliphatic rings. The van der Waals surface area contributed by atoms with Gasteiger partial charge in [-0.25, -0.2) is 19.2 Å². The van der Waals surface area contributed by atoms with Crippen molar-refractivity contribution in [1.29, 1.82) is 0 Å². The molecule has 18 nitrogen and oxygen atoms in total. The normalized spacial score (nSPS) is 12.3. The number of hydrogen-bond acceptors (Lipinski definition) is 10. The van der Waals surface area contributed by atoms with Gasteiger partial charge in [0.05, 0.1) is 45.0 Å². The van der Waals surface area contributed by atoms with Gasteiger partial charge in [-0.15, -0.1) is 0 Å². The highest BCUT2D eigenvalue weighted by atomic mass is 16.4. The van der Waals surface area contributed by atoms with Crippen LogP contribution in [0.1, 0.15) is 333 Å². The first-order chi connectivity index (χ1) is 55.2. The van der Waals surface area contributed by atoms with Gasteiger partial charge >= 0.3 is 23.9 Å². The number of aromatic amines is 1. The lowest BCUT2D eigenvalue weighted by atomic mass is 9.79. The summed E-state index contributed by atoms with van der Waals surface area (Å²) < 4.78 is 2.18. The minimum atomic E-state index is -0.963. The van der Waals surface area contributed by atoms with E-state index in [1.54, 1.807) is 42.5 Å². The van der Waals surface area contributed by atoms with Crippen LogP contribution in [0.25, 0.3) is 44.3 Å². The zero-order chi connectivity index (χ0) is 89.9. The van der Waals surface area contributed by atoms with Crippen molar-refractivity contribution in [3.05, 3.63) is 249 Å². The summed E-state index contributed by atoms with van der Waals surface area (Å²) in [6.45, 7) is 64.1. The van der Waals surface area contributed by atoms with Gasteiger partial charge in [0.1, 0.15) is 0 Å². The number of hydrogen-bond donors (Lipinski definition) is 9. The quantitative estimate of drug-likeness (QED) is 0.0407. The third-order valence-electron chi connectivity index (χ3n) is 17.2. The van der Waals surface area contributed by atoms with Crippen molar-refractivity contribution in [1.82, 2.24) is 9.55 Å². The fourth-order valence-corrected chi connectivity index (χ4v) is 13.7. The molecule has 0 bridgehead atoms. The fraction of sp³-hybridized carbons (Fsp3) is 0.404. The Kier molecular flexibility index (Phi) is 60.5. The number of ketones is 1. The monoisotopic (exact) mass is 1620 g/mol. The lowest BCUT2D eigenvalue weighted by Gasteiger charge is -2.23. The number of fused-ring (bicyclic) bond motifs is 12. The van der Waals surface area contributed by atoms with Crippen LogP contribution in [0.4, 0.5) is 11.4 Å². The van der Waals surface area contributed by atoms with Crippen molar-refractivity contribution in [3.8, 4) is 22.5 Å². The van der Waals surface area contributed by atoms with Gasteiger partial charge in [-0.1, -0.05) is 350 Å². The molecule has 0 saturated carbocycles. The molecule has 0 saturated heterocycles. The van der Waals surface area contributed by atoms with E-state index in [1.807, 2.05) is 295 Å². The Morgan fingerprint density at radius 3 is 1.15 bits per heavy atom. The maximum absolute atomic E-state index is 11.7. The first kappa shape index (κ1) is 117. The number of benzene rings is 8.